The zero-order valence-electron chi connectivity index (χ0n) is 8.03. The predicted molar refractivity (Wildman–Crippen MR) is 57.2 cm³/mol. The van der Waals surface area contributed by atoms with Crippen molar-refractivity contribution in [3.63, 3.8) is 0 Å². The quantitative estimate of drug-likeness (QED) is 0.385. The van der Waals surface area contributed by atoms with Gasteiger partial charge < -0.3 is 0 Å². The van der Waals surface area contributed by atoms with Crippen molar-refractivity contribution in [3.05, 3.63) is 34.9 Å². The van der Waals surface area contributed by atoms with E-state index < -0.39 is 11.9 Å². The molecule has 1 aromatic carbocycles. The second-order valence-corrected chi connectivity index (χ2v) is 2.89. The van der Waals surface area contributed by atoms with Crippen LogP contribution in [0.5, 0.6) is 0 Å². The van der Waals surface area contributed by atoms with Crippen molar-refractivity contribution < 1.29 is 19.4 Å². The number of hydrogen-bond acceptors (Lipinski definition) is 4. The van der Waals surface area contributed by atoms with E-state index in [1.54, 1.807) is 12.1 Å². The monoisotopic (exact) mass is 424 g/mol. The van der Waals surface area contributed by atoms with Crippen LogP contribution in [0.1, 0.15) is 17.3 Å². The molecule has 2 radical (unpaired) electrons. The van der Waals surface area contributed by atoms with Gasteiger partial charge in [-0.05, 0) is 18.2 Å². The Balaban J connectivity index is 0.00000196. The van der Waals surface area contributed by atoms with Crippen LogP contribution in [0, 0.1) is 0 Å². The van der Waals surface area contributed by atoms with Crippen LogP contribution < -0.4 is 0 Å². The average Bonchev–Trinajstić information content (AvgIpc) is 2.14. The molecular weight excluding hydrogens is 415 g/mol. The van der Waals surface area contributed by atoms with Crippen molar-refractivity contribution in [2.75, 3.05) is 0 Å². The summed E-state index contributed by atoms with van der Waals surface area (Å²) in [4.78, 5) is 29.7. The van der Waals surface area contributed by atoms with Crippen molar-refractivity contribution in [1.82, 2.24) is 0 Å². The predicted octanol–water partition coefficient (Wildman–Crippen LogP) is 1.06. The van der Waals surface area contributed by atoms with Gasteiger partial charge in [-0.25, -0.2) is 19.4 Å². The summed E-state index contributed by atoms with van der Waals surface area (Å²) in [7, 11) is 0. The summed E-state index contributed by atoms with van der Waals surface area (Å²) in [5, 5.41) is 0.405. The summed E-state index contributed by atoms with van der Waals surface area (Å²) < 4.78 is 0. The summed E-state index contributed by atoms with van der Waals surface area (Å²) in [6, 6.07) is 6.11. The van der Waals surface area contributed by atoms with Gasteiger partial charge in [0, 0.05) is 11.9 Å². The Bertz CT molecular complexity index is 367. The summed E-state index contributed by atoms with van der Waals surface area (Å²) in [5.74, 6) is -1.46. The van der Waals surface area contributed by atoms with Crippen molar-refractivity contribution in [3.8, 4) is 0 Å². The Kier molecular flexibility index (Phi) is 6.50. The van der Waals surface area contributed by atoms with Gasteiger partial charge in [0.05, 0.1) is 5.56 Å². The second-order valence-electron chi connectivity index (χ2n) is 2.46. The maximum atomic E-state index is 11.1. The SMILES string of the molecule is CC(=O)OOC(=O)c1cccc(Cl)c1.[PbH2]. The van der Waals surface area contributed by atoms with Crippen LogP contribution in [0.25, 0.3) is 0 Å². The van der Waals surface area contributed by atoms with E-state index >= 15 is 0 Å². The molecule has 1 rings (SSSR count). The third-order valence-electron chi connectivity index (χ3n) is 1.30. The summed E-state index contributed by atoms with van der Waals surface area (Å²) in [6.45, 7) is 1.13. The van der Waals surface area contributed by atoms with Crippen LogP contribution in [0.15, 0.2) is 24.3 Å². The molecule has 0 spiro atoms. The normalized spacial score (nSPS) is 8.67. The number of rotatable bonds is 1. The fraction of sp³-hybridized carbons (Fsp3) is 0.111. The molecule has 0 unspecified atom stereocenters. The summed E-state index contributed by atoms with van der Waals surface area (Å²) in [6.07, 6.45) is 0. The minimum atomic E-state index is -0.761. The van der Waals surface area contributed by atoms with E-state index in [1.165, 1.54) is 12.1 Å². The van der Waals surface area contributed by atoms with E-state index in [4.69, 9.17) is 11.6 Å². The topological polar surface area (TPSA) is 52.6 Å². The molecule has 80 valence electrons. The molecule has 4 nitrogen and oxygen atoms in total. The molecule has 0 N–H and O–H groups in total. The summed E-state index contributed by atoms with van der Waals surface area (Å²) >= 11 is 5.64. The van der Waals surface area contributed by atoms with Gasteiger partial charge in [0.1, 0.15) is 0 Å². The molecule has 0 aliphatic carbocycles. The van der Waals surface area contributed by atoms with E-state index in [0.717, 1.165) is 6.92 Å². The molecule has 15 heavy (non-hydrogen) atoms. The van der Waals surface area contributed by atoms with Gasteiger partial charge in [-0.3, -0.25) is 0 Å². The first-order chi connectivity index (χ1) is 6.59. The van der Waals surface area contributed by atoms with E-state index in [9.17, 15) is 9.59 Å². The third-order valence-corrected chi connectivity index (χ3v) is 1.53. The van der Waals surface area contributed by atoms with Crippen molar-refractivity contribution in [1.29, 1.82) is 0 Å². The van der Waals surface area contributed by atoms with Gasteiger partial charge in [-0.2, -0.15) is 0 Å². The molecule has 1 aromatic rings. The van der Waals surface area contributed by atoms with E-state index in [-0.39, 0.29) is 32.9 Å². The van der Waals surface area contributed by atoms with Gasteiger partial charge >= 0.3 is 39.2 Å². The Morgan fingerprint density at radius 2 is 1.93 bits per heavy atom. The Morgan fingerprint density at radius 3 is 2.47 bits per heavy atom. The van der Waals surface area contributed by atoms with Gasteiger partial charge in [0.2, 0.25) is 0 Å². The standard InChI is InChI=1S/C9H7ClO4.Pb.2H/c1-6(11)13-14-9(12)7-3-2-4-8(10)5-7;;;/h2-5H,1H3;;;. The van der Waals surface area contributed by atoms with E-state index in [2.05, 4.69) is 9.78 Å². The number of halogens is 1. The molecule has 6 heteroatoms. The molecule has 0 fully saturated rings. The zero-order valence-corrected chi connectivity index (χ0v) is 14.3. The van der Waals surface area contributed by atoms with Crippen LogP contribution in [-0.4, -0.2) is 39.2 Å². The zero-order chi connectivity index (χ0) is 10.6. The Morgan fingerprint density at radius 1 is 1.27 bits per heavy atom. The molecule has 0 saturated heterocycles. The van der Waals surface area contributed by atoms with E-state index in [1.807, 2.05) is 0 Å². The summed E-state index contributed by atoms with van der Waals surface area (Å²) in [5.41, 5.74) is 0.221. The number of benzene rings is 1. The number of carbonyl (C=O) groups is 2. The van der Waals surface area contributed by atoms with Crippen molar-refractivity contribution >= 4 is 50.8 Å². The van der Waals surface area contributed by atoms with Crippen LogP contribution in [0.3, 0.4) is 0 Å². The van der Waals surface area contributed by atoms with Crippen molar-refractivity contribution in [2.45, 2.75) is 6.92 Å². The molecule has 0 amide bonds. The molecule has 0 atom stereocenters. The Labute approximate surface area is 112 Å². The van der Waals surface area contributed by atoms with Crippen LogP contribution in [-0.2, 0) is 14.6 Å². The van der Waals surface area contributed by atoms with Gasteiger partial charge in [0.25, 0.3) is 0 Å². The van der Waals surface area contributed by atoms with E-state index in [0.29, 0.717) is 5.02 Å². The van der Waals surface area contributed by atoms with Gasteiger partial charge in [-0.1, -0.05) is 17.7 Å². The first-order valence-electron chi connectivity index (χ1n) is 3.74. The first kappa shape index (κ1) is 14.4. The third kappa shape index (κ3) is 5.12. The molecule has 0 saturated carbocycles. The van der Waals surface area contributed by atoms with Crippen molar-refractivity contribution in [2.24, 2.45) is 0 Å². The van der Waals surface area contributed by atoms with Gasteiger partial charge in [0.15, 0.2) is 0 Å². The second kappa shape index (κ2) is 6.78. The molecule has 0 aromatic heterocycles. The first-order valence-corrected chi connectivity index (χ1v) is 4.12. The van der Waals surface area contributed by atoms with Crippen LogP contribution >= 0.6 is 11.6 Å². The van der Waals surface area contributed by atoms with Crippen LogP contribution in [0.4, 0.5) is 0 Å². The number of carbonyl (C=O) groups excluding carboxylic acids is 2. The fourth-order valence-corrected chi connectivity index (χ4v) is 0.950. The average molecular weight is 424 g/mol. The fourth-order valence-electron chi connectivity index (χ4n) is 0.760. The molecular formula is C9H9ClO4Pb. The molecule has 0 aliphatic rings. The minimum absolute atomic E-state index is 0. The Hall–Kier alpha value is -0.628. The molecule has 0 bridgehead atoms. The maximum absolute atomic E-state index is 11.1. The van der Waals surface area contributed by atoms with Crippen LogP contribution in [0.2, 0.25) is 5.02 Å². The molecule has 0 heterocycles. The van der Waals surface area contributed by atoms with Gasteiger partial charge in [-0.15, -0.1) is 0 Å². The number of hydrogen-bond donors (Lipinski definition) is 0. The molecule has 0 aliphatic heterocycles.